The van der Waals surface area contributed by atoms with Crippen LogP contribution in [0.5, 0.6) is 0 Å². The normalized spacial score (nSPS) is 21.9. The molecule has 2 atom stereocenters. The maximum absolute atomic E-state index is 12.8. The number of aromatic nitrogens is 2. The van der Waals surface area contributed by atoms with Crippen molar-refractivity contribution in [3.8, 4) is 0 Å². The molecule has 0 saturated carbocycles. The standard InChI is InChI=1S/C15H24N4O2/c1-9(2)14-17-7-11(16-4)13(18-14)15(21)19-6-5-10(3)12(19)8-20/h7,9-10,12,16,20H,5-6,8H2,1-4H3. The zero-order valence-electron chi connectivity index (χ0n) is 13.1. The third-order valence-electron chi connectivity index (χ3n) is 4.13. The largest absolute Gasteiger partial charge is 0.394 e. The summed E-state index contributed by atoms with van der Waals surface area (Å²) in [5.41, 5.74) is 1.02. The first-order valence-corrected chi connectivity index (χ1v) is 7.46. The van der Waals surface area contributed by atoms with Crippen LogP contribution in [0.2, 0.25) is 0 Å². The average molecular weight is 292 g/mol. The summed E-state index contributed by atoms with van der Waals surface area (Å²) in [4.78, 5) is 23.2. The SMILES string of the molecule is CNc1cnc(C(C)C)nc1C(=O)N1CCC(C)C1CO. The number of nitrogens with one attached hydrogen (secondary N) is 1. The molecule has 116 valence electrons. The highest BCUT2D eigenvalue weighted by atomic mass is 16.3. The number of likely N-dealkylation sites (tertiary alicyclic amines) is 1. The molecule has 2 heterocycles. The number of aliphatic hydroxyl groups excluding tert-OH is 1. The van der Waals surface area contributed by atoms with Gasteiger partial charge in [-0.1, -0.05) is 20.8 Å². The van der Waals surface area contributed by atoms with Crippen molar-refractivity contribution >= 4 is 11.6 Å². The number of carbonyl (C=O) groups excluding carboxylic acids is 1. The van der Waals surface area contributed by atoms with Crippen molar-refractivity contribution in [2.24, 2.45) is 5.92 Å². The summed E-state index contributed by atoms with van der Waals surface area (Å²) in [6.07, 6.45) is 2.57. The highest BCUT2D eigenvalue weighted by Gasteiger charge is 2.35. The van der Waals surface area contributed by atoms with Gasteiger partial charge in [0.2, 0.25) is 0 Å². The zero-order valence-corrected chi connectivity index (χ0v) is 13.1. The van der Waals surface area contributed by atoms with Gasteiger partial charge >= 0.3 is 0 Å². The smallest absolute Gasteiger partial charge is 0.275 e. The zero-order chi connectivity index (χ0) is 15.6. The van der Waals surface area contributed by atoms with Crippen LogP contribution in [0.4, 0.5) is 5.69 Å². The first kappa shape index (κ1) is 15.7. The Morgan fingerprint density at radius 1 is 1.57 bits per heavy atom. The molecular formula is C15H24N4O2. The third kappa shape index (κ3) is 3.00. The van der Waals surface area contributed by atoms with E-state index in [9.17, 15) is 9.90 Å². The molecule has 21 heavy (non-hydrogen) atoms. The van der Waals surface area contributed by atoms with Crippen LogP contribution in [0.25, 0.3) is 0 Å². The summed E-state index contributed by atoms with van der Waals surface area (Å²) in [7, 11) is 1.75. The number of carbonyl (C=O) groups is 1. The van der Waals surface area contributed by atoms with Gasteiger partial charge in [-0.25, -0.2) is 9.97 Å². The van der Waals surface area contributed by atoms with E-state index in [2.05, 4.69) is 22.2 Å². The van der Waals surface area contributed by atoms with E-state index in [1.807, 2.05) is 13.8 Å². The van der Waals surface area contributed by atoms with E-state index < -0.39 is 0 Å². The van der Waals surface area contributed by atoms with Crippen LogP contribution in [0.15, 0.2) is 6.20 Å². The maximum Gasteiger partial charge on any atom is 0.275 e. The lowest BCUT2D eigenvalue weighted by Crippen LogP contribution is -2.40. The molecule has 1 aliphatic rings. The van der Waals surface area contributed by atoms with Crippen LogP contribution in [0.3, 0.4) is 0 Å². The monoisotopic (exact) mass is 292 g/mol. The second kappa shape index (κ2) is 6.39. The van der Waals surface area contributed by atoms with E-state index in [0.717, 1.165) is 6.42 Å². The predicted octanol–water partition coefficient (Wildman–Crippen LogP) is 1.48. The molecule has 1 aromatic rings. The Morgan fingerprint density at radius 3 is 2.86 bits per heavy atom. The van der Waals surface area contributed by atoms with Gasteiger partial charge in [0, 0.05) is 19.5 Å². The molecule has 0 aromatic carbocycles. The van der Waals surface area contributed by atoms with Gasteiger partial charge in [0.05, 0.1) is 24.5 Å². The van der Waals surface area contributed by atoms with E-state index in [1.165, 1.54) is 0 Å². The highest BCUT2D eigenvalue weighted by Crippen LogP contribution is 2.27. The Bertz CT molecular complexity index is 518. The van der Waals surface area contributed by atoms with Crippen molar-refractivity contribution in [1.29, 1.82) is 0 Å². The Labute approximate surface area is 125 Å². The van der Waals surface area contributed by atoms with E-state index in [4.69, 9.17) is 0 Å². The lowest BCUT2D eigenvalue weighted by Gasteiger charge is -2.25. The molecule has 6 nitrogen and oxygen atoms in total. The summed E-state index contributed by atoms with van der Waals surface area (Å²) in [5.74, 6) is 0.995. The molecule has 1 aromatic heterocycles. The van der Waals surface area contributed by atoms with Crippen LogP contribution in [0.1, 0.15) is 49.4 Å². The van der Waals surface area contributed by atoms with Gasteiger partial charge in [-0.05, 0) is 12.3 Å². The van der Waals surface area contributed by atoms with Crippen molar-refractivity contribution in [3.05, 3.63) is 17.7 Å². The molecule has 0 bridgehead atoms. The average Bonchev–Trinajstić information content (AvgIpc) is 2.86. The summed E-state index contributed by atoms with van der Waals surface area (Å²) < 4.78 is 0. The summed E-state index contributed by atoms with van der Waals surface area (Å²) in [6.45, 7) is 6.71. The predicted molar refractivity (Wildman–Crippen MR) is 81.4 cm³/mol. The fraction of sp³-hybridized carbons (Fsp3) is 0.667. The van der Waals surface area contributed by atoms with Gasteiger partial charge in [0.25, 0.3) is 5.91 Å². The Balaban J connectivity index is 2.35. The van der Waals surface area contributed by atoms with Gasteiger partial charge in [-0.2, -0.15) is 0 Å². The molecule has 2 N–H and O–H groups in total. The van der Waals surface area contributed by atoms with E-state index in [0.29, 0.717) is 29.7 Å². The minimum Gasteiger partial charge on any atom is -0.394 e. The molecule has 1 amide bonds. The fourth-order valence-electron chi connectivity index (χ4n) is 2.69. The lowest BCUT2D eigenvalue weighted by molar-refractivity contribution is 0.0643. The molecule has 1 fully saturated rings. The van der Waals surface area contributed by atoms with Gasteiger partial charge in [-0.3, -0.25) is 4.79 Å². The van der Waals surface area contributed by atoms with Crippen LogP contribution in [-0.2, 0) is 0 Å². The van der Waals surface area contributed by atoms with Crippen LogP contribution in [-0.4, -0.2) is 52.1 Å². The highest BCUT2D eigenvalue weighted by molar-refractivity contribution is 5.97. The molecule has 1 saturated heterocycles. The van der Waals surface area contributed by atoms with Gasteiger partial charge in [0.15, 0.2) is 5.69 Å². The van der Waals surface area contributed by atoms with E-state index in [1.54, 1.807) is 18.1 Å². The van der Waals surface area contributed by atoms with Gasteiger partial charge in [-0.15, -0.1) is 0 Å². The molecule has 2 unspecified atom stereocenters. The van der Waals surface area contributed by atoms with Crippen molar-refractivity contribution < 1.29 is 9.90 Å². The van der Waals surface area contributed by atoms with Crippen molar-refractivity contribution in [2.45, 2.75) is 39.2 Å². The Hall–Kier alpha value is -1.69. The minimum absolute atomic E-state index is 0.0100. The number of anilines is 1. The quantitative estimate of drug-likeness (QED) is 0.879. The van der Waals surface area contributed by atoms with Crippen molar-refractivity contribution in [3.63, 3.8) is 0 Å². The molecule has 2 rings (SSSR count). The number of hydrogen-bond donors (Lipinski definition) is 2. The second-order valence-corrected chi connectivity index (χ2v) is 5.91. The fourth-order valence-corrected chi connectivity index (χ4v) is 2.69. The third-order valence-corrected chi connectivity index (χ3v) is 4.13. The number of rotatable bonds is 4. The topological polar surface area (TPSA) is 78.4 Å². The number of aliphatic hydroxyl groups is 1. The van der Waals surface area contributed by atoms with E-state index >= 15 is 0 Å². The first-order chi connectivity index (χ1) is 9.99. The number of amides is 1. The number of hydrogen-bond acceptors (Lipinski definition) is 5. The summed E-state index contributed by atoms with van der Waals surface area (Å²) >= 11 is 0. The van der Waals surface area contributed by atoms with Gasteiger partial charge in [0.1, 0.15) is 5.82 Å². The number of nitrogens with zero attached hydrogens (tertiary/aromatic N) is 3. The molecule has 1 aliphatic heterocycles. The van der Waals surface area contributed by atoms with Crippen molar-refractivity contribution in [2.75, 3.05) is 25.5 Å². The molecule has 0 aliphatic carbocycles. The van der Waals surface area contributed by atoms with Crippen LogP contribution in [0, 0.1) is 5.92 Å². The molecular weight excluding hydrogens is 268 g/mol. The Kier molecular flexibility index (Phi) is 4.77. The summed E-state index contributed by atoms with van der Waals surface area (Å²) in [5, 5.41) is 12.5. The Morgan fingerprint density at radius 2 is 2.29 bits per heavy atom. The minimum atomic E-state index is -0.132. The second-order valence-electron chi connectivity index (χ2n) is 5.91. The molecule has 6 heteroatoms. The lowest BCUT2D eigenvalue weighted by atomic mass is 10.0. The first-order valence-electron chi connectivity index (χ1n) is 7.46. The van der Waals surface area contributed by atoms with Crippen LogP contribution < -0.4 is 5.32 Å². The van der Waals surface area contributed by atoms with Gasteiger partial charge < -0.3 is 15.3 Å². The summed E-state index contributed by atoms with van der Waals surface area (Å²) in [6, 6.07) is -0.125. The molecule has 0 spiro atoms. The van der Waals surface area contributed by atoms with Crippen molar-refractivity contribution in [1.82, 2.24) is 14.9 Å². The maximum atomic E-state index is 12.8. The van der Waals surface area contributed by atoms with Crippen LogP contribution >= 0.6 is 0 Å². The van der Waals surface area contributed by atoms with E-state index in [-0.39, 0.29) is 24.5 Å². The molecule has 0 radical (unpaired) electrons.